The maximum atomic E-state index is 11.9. The Balaban J connectivity index is 1.80. The van der Waals surface area contributed by atoms with Crippen LogP contribution in [0.15, 0.2) is 37.9 Å². The van der Waals surface area contributed by atoms with Gasteiger partial charge in [0.05, 0.1) is 5.56 Å². The lowest BCUT2D eigenvalue weighted by molar-refractivity contribution is -0.135. The molecule has 1 aromatic heterocycles. The average molecular weight is 391 g/mol. The molecule has 0 aliphatic rings. The van der Waals surface area contributed by atoms with Gasteiger partial charge in [-0.1, -0.05) is 12.1 Å². The number of carbonyl (C=O) groups excluding carboxylic acids is 2. The first-order chi connectivity index (χ1) is 13.3. The standard InChI is InChI=1S/C19H21NO8/c1-11(21)15(9-13-3-5-14(6-4-13)18(23)24)7-8-17(22)20-26-10-16-12(2)27-19(25)28-16/h3-6,15H,7-10H2,1-2H3,(H,20,22)(H,23,24). The average Bonchev–Trinajstić information content (AvgIpc) is 2.96. The topological polar surface area (TPSA) is 136 Å². The van der Waals surface area contributed by atoms with E-state index in [2.05, 4.69) is 9.90 Å². The highest BCUT2D eigenvalue weighted by atomic mass is 16.7. The van der Waals surface area contributed by atoms with Gasteiger partial charge in [-0.05, 0) is 44.4 Å². The van der Waals surface area contributed by atoms with Gasteiger partial charge >= 0.3 is 11.8 Å². The van der Waals surface area contributed by atoms with Crippen LogP contribution in [0.25, 0.3) is 0 Å². The second-order valence-corrected chi connectivity index (χ2v) is 6.30. The highest BCUT2D eigenvalue weighted by Gasteiger charge is 2.17. The molecule has 0 fully saturated rings. The van der Waals surface area contributed by atoms with Crippen molar-refractivity contribution >= 4 is 17.7 Å². The van der Waals surface area contributed by atoms with Crippen molar-refractivity contribution in [2.75, 3.05) is 0 Å². The third-order valence-electron chi connectivity index (χ3n) is 4.20. The zero-order valence-electron chi connectivity index (χ0n) is 15.5. The van der Waals surface area contributed by atoms with E-state index >= 15 is 0 Å². The van der Waals surface area contributed by atoms with Crippen molar-refractivity contribution in [3.05, 3.63) is 57.5 Å². The molecule has 2 aromatic rings. The van der Waals surface area contributed by atoms with Gasteiger partial charge in [-0.25, -0.2) is 15.1 Å². The fourth-order valence-corrected chi connectivity index (χ4v) is 2.56. The van der Waals surface area contributed by atoms with Crippen molar-refractivity contribution < 1.29 is 33.2 Å². The third kappa shape index (κ3) is 6.20. The van der Waals surface area contributed by atoms with E-state index in [-0.39, 0.29) is 41.8 Å². The predicted octanol–water partition coefficient (Wildman–Crippen LogP) is 2.02. The van der Waals surface area contributed by atoms with Crippen molar-refractivity contribution in [1.29, 1.82) is 0 Å². The van der Waals surface area contributed by atoms with Crippen LogP contribution < -0.4 is 11.3 Å². The Morgan fingerprint density at radius 2 is 1.86 bits per heavy atom. The molecule has 0 aliphatic heterocycles. The fourth-order valence-electron chi connectivity index (χ4n) is 2.56. The summed E-state index contributed by atoms with van der Waals surface area (Å²) < 4.78 is 9.40. The highest BCUT2D eigenvalue weighted by molar-refractivity contribution is 5.87. The first-order valence-corrected chi connectivity index (χ1v) is 8.59. The van der Waals surface area contributed by atoms with Crippen LogP contribution in [-0.2, 0) is 27.5 Å². The van der Waals surface area contributed by atoms with Gasteiger partial charge in [-0.15, -0.1) is 0 Å². The molecule has 2 N–H and O–H groups in total. The molecule has 150 valence electrons. The Morgan fingerprint density at radius 3 is 2.39 bits per heavy atom. The Hall–Kier alpha value is -3.20. The van der Waals surface area contributed by atoms with E-state index in [1.165, 1.54) is 26.0 Å². The molecule has 9 nitrogen and oxygen atoms in total. The van der Waals surface area contributed by atoms with Gasteiger partial charge in [-0.3, -0.25) is 14.4 Å². The molecule has 2 rings (SSSR count). The minimum atomic E-state index is -1.02. The van der Waals surface area contributed by atoms with E-state index in [0.29, 0.717) is 12.8 Å². The maximum Gasteiger partial charge on any atom is 0.519 e. The second kappa shape index (κ2) is 9.65. The number of carboxylic acid groups (broad SMARTS) is 1. The van der Waals surface area contributed by atoms with E-state index < -0.39 is 17.7 Å². The molecule has 0 aliphatic carbocycles. The first kappa shape index (κ1) is 21.1. The smallest absolute Gasteiger partial charge is 0.478 e. The highest BCUT2D eigenvalue weighted by Crippen LogP contribution is 2.16. The molecule has 0 radical (unpaired) electrons. The SMILES string of the molecule is CC(=O)C(CCC(=O)NOCc1oc(=O)oc1C)Cc1ccc(C(=O)O)cc1. The number of aromatic carboxylic acids is 1. The third-order valence-corrected chi connectivity index (χ3v) is 4.20. The number of nitrogens with one attached hydrogen (secondary N) is 1. The summed E-state index contributed by atoms with van der Waals surface area (Å²) >= 11 is 0. The zero-order chi connectivity index (χ0) is 20.7. The number of hydrogen-bond donors (Lipinski definition) is 2. The van der Waals surface area contributed by atoms with Gasteiger partial charge in [0, 0.05) is 12.3 Å². The number of Topliss-reactive ketones (excluding diaryl/α,β-unsaturated/α-hetero) is 1. The molecular formula is C19H21NO8. The lowest BCUT2D eigenvalue weighted by Crippen LogP contribution is -2.25. The van der Waals surface area contributed by atoms with E-state index in [0.717, 1.165) is 5.56 Å². The van der Waals surface area contributed by atoms with Crippen LogP contribution in [0.3, 0.4) is 0 Å². The van der Waals surface area contributed by atoms with Crippen molar-refractivity contribution in [1.82, 2.24) is 5.48 Å². The second-order valence-electron chi connectivity index (χ2n) is 6.30. The van der Waals surface area contributed by atoms with Crippen molar-refractivity contribution in [3.63, 3.8) is 0 Å². The van der Waals surface area contributed by atoms with E-state index in [4.69, 9.17) is 14.4 Å². The van der Waals surface area contributed by atoms with Crippen LogP contribution in [0, 0.1) is 12.8 Å². The van der Waals surface area contributed by atoms with E-state index in [1.807, 2.05) is 0 Å². The number of hydrogen-bond acceptors (Lipinski definition) is 7. The molecule has 28 heavy (non-hydrogen) atoms. The summed E-state index contributed by atoms with van der Waals surface area (Å²) in [5, 5.41) is 8.91. The molecule has 0 bridgehead atoms. The van der Waals surface area contributed by atoms with Crippen LogP contribution in [0.4, 0.5) is 0 Å². The normalized spacial score (nSPS) is 11.8. The number of ketones is 1. The van der Waals surface area contributed by atoms with Crippen LogP contribution in [0.2, 0.25) is 0 Å². The molecule has 1 heterocycles. The molecule has 0 saturated carbocycles. The minimum Gasteiger partial charge on any atom is -0.478 e. The van der Waals surface area contributed by atoms with Crippen LogP contribution >= 0.6 is 0 Å². The van der Waals surface area contributed by atoms with E-state index in [9.17, 15) is 19.2 Å². The Morgan fingerprint density at radius 1 is 1.18 bits per heavy atom. The molecule has 1 aromatic carbocycles. The largest absolute Gasteiger partial charge is 0.519 e. The quantitative estimate of drug-likeness (QED) is 0.587. The minimum absolute atomic E-state index is 0.0613. The zero-order valence-corrected chi connectivity index (χ0v) is 15.5. The molecular weight excluding hydrogens is 370 g/mol. The van der Waals surface area contributed by atoms with Crippen LogP contribution in [0.5, 0.6) is 0 Å². The summed E-state index contributed by atoms with van der Waals surface area (Å²) in [7, 11) is 0. The fraction of sp³-hybridized carbons (Fsp3) is 0.368. The monoisotopic (exact) mass is 391 g/mol. The van der Waals surface area contributed by atoms with Gasteiger partial charge in [0.1, 0.15) is 18.2 Å². The Bertz CT molecular complexity index is 893. The maximum absolute atomic E-state index is 11.9. The molecule has 0 spiro atoms. The number of carbonyl (C=O) groups is 3. The number of benzene rings is 1. The van der Waals surface area contributed by atoms with Gasteiger partial charge in [0.15, 0.2) is 5.76 Å². The summed E-state index contributed by atoms with van der Waals surface area (Å²) in [4.78, 5) is 50.5. The van der Waals surface area contributed by atoms with Crippen LogP contribution in [0.1, 0.15) is 47.2 Å². The van der Waals surface area contributed by atoms with Gasteiger partial charge < -0.3 is 13.9 Å². The number of rotatable bonds is 10. The summed E-state index contributed by atoms with van der Waals surface area (Å²) in [6, 6.07) is 6.27. The number of hydroxylamine groups is 1. The summed E-state index contributed by atoms with van der Waals surface area (Å²) in [5.41, 5.74) is 3.21. The molecule has 1 atom stereocenters. The lowest BCUT2D eigenvalue weighted by Gasteiger charge is -2.14. The number of aryl methyl sites for hydroxylation is 1. The summed E-state index contributed by atoms with van der Waals surface area (Å²) in [5.74, 6) is -2.28. The Labute approximate surface area is 160 Å². The van der Waals surface area contributed by atoms with Crippen molar-refractivity contribution in [3.8, 4) is 0 Å². The number of amides is 1. The molecule has 1 amide bonds. The van der Waals surface area contributed by atoms with Crippen LogP contribution in [-0.4, -0.2) is 22.8 Å². The van der Waals surface area contributed by atoms with Gasteiger partial charge in [-0.2, -0.15) is 0 Å². The van der Waals surface area contributed by atoms with E-state index in [1.54, 1.807) is 12.1 Å². The molecule has 9 heteroatoms. The molecule has 0 saturated heterocycles. The number of carboxylic acids is 1. The van der Waals surface area contributed by atoms with Crippen molar-refractivity contribution in [2.45, 2.75) is 39.7 Å². The van der Waals surface area contributed by atoms with Gasteiger partial charge in [0.25, 0.3) is 0 Å². The summed E-state index contributed by atoms with van der Waals surface area (Å²) in [6.07, 6.45) is 0.777. The predicted molar refractivity (Wildman–Crippen MR) is 95.4 cm³/mol. The summed E-state index contributed by atoms with van der Waals surface area (Å²) in [6.45, 7) is 2.83. The van der Waals surface area contributed by atoms with Gasteiger partial charge in [0.2, 0.25) is 5.91 Å². The molecule has 1 unspecified atom stereocenters. The Kier molecular flexibility index (Phi) is 7.28. The van der Waals surface area contributed by atoms with Crippen molar-refractivity contribution in [2.24, 2.45) is 5.92 Å². The first-order valence-electron chi connectivity index (χ1n) is 8.59. The lowest BCUT2D eigenvalue weighted by atomic mass is 9.91.